The second-order valence-corrected chi connectivity index (χ2v) is 10.2. The number of anilines is 1. The van der Waals surface area contributed by atoms with Crippen LogP contribution in [0.4, 0.5) is 18.9 Å². The molecule has 0 unspecified atom stereocenters. The summed E-state index contributed by atoms with van der Waals surface area (Å²) in [4.78, 5) is 19.1. The van der Waals surface area contributed by atoms with Crippen LogP contribution in [0.25, 0.3) is 0 Å². The van der Waals surface area contributed by atoms with Crippen LogP contribution in [-0.2, 0) is 20.8 Å². The van der Waals surface area contributed by atoms with Crippen LogP contribution in [0.5, 0.6) is 0 Å². The number of alkyl halides is 3. The molecule has 0 aliphatic carbocycles. The number of hydrogen-bond acceptors (Lipinski definition) is 6. The number of rotatable bonds is 3. The van der Waals surface area contributed by atoms with Crippen LogP contribution in [0.1, 0.15) is 5.56 Å². The number of amides is 1. The van der Waals surface area contributed by atoms with Crippen molar-refractivity contribution in [2.24, 2.45) is 4.99 Å². The molecule has 0 bridgehead atoms. The molecule has 0 aromatic heterocycles. The maximum Gasteiger partial charge on any atom is 0.416 e. The number of halogens is 4. The summed E-state index contributed by atoms with van der Waals surface area (Å²) in [6.07, 6.45) is -4.58. The number of sulfone groups is 1. The summed E-state index contributed by atoms with van der Waals surface area (Å²) < 4.78 is 63.6. The molecule has 154 valence electrons. The molecule has 2 atom stereocenters. The van der Waals surface area contributed by atoms with Crippen LogP contribution < -0.4 is 4.90 Å². The summed E-state index contributed by atoms with van der Waals surface area (Å²) in [5.41, 5.74) is -0.866. The Morgan fingerprint density at radius 2 is 2.04 bits per heavy atom. The number of hydrogen-bond donors (Lipinski definition) is 0. The van der Waals surface area contributed by atoms with Gasteiger partial charge in [-0.1, -0.05) is 23.4 Å². The minimum absolute atomic E-state index is 0.0190. The highest BCUT2D eigenvalue weighted by molar-refractivity contribution is 8.14. The summed E-state index contributed by atoms with van der Waals surface area (Å²) in [5, 5.41) is 0.339. The van der Waals surface area contributed by atoms with Crippen molar-refractivity contribution in [1.29, 1.82) is 0 Å². The lowest BCUT2D eigenvalue weighted by Gasteiger charge is -2.28. The van der Waals surface area contributed by atoms with Crippen LogP contribution in [0, 0.1) is 0 Å². The van der Waals surface area contributed by atoms with E-state index in [4.69, 9.17) is 11.6 Å². The number of carbonyl (C=O) groups excluding carboxylic acids is 1. The molecule has 3 rings (SSSR count). The van der Waals surface area contributed by atoms with Gasteiger partial charge in [-0.15, -0.1) is 0 Å². The van der Waals surface area contributed by atoms with E-state index in [1.807, 2.05) is 0 Å². The van der Waals surface area contributed by atoms with E-state index >= 15 is 0 Å². The molecular formula is C16H17ClF3N3O3S2. The Morgan fingerprint density at radius 1 is 1.36 bits per heavy atom. The number of carbonyl (C=O) groups is 1. The zero-order chi connectivity index (χ0) is 20.9. The van der Waals surface area contributed by atoms with E-state index in [2.05, 4.69) is 4.99 Å². The third-order valence-corrected chi connectivity index (χ3v) is 7.43. The molecule has 1 aromatic rings. The molecule has 0 radical (unpaired) electrons. The van der Waals surface area contributed by atoms with Crippen molar-refractivity contribution in [2.45, 2.75) is 18.3 Å². The van der Waals surface area contributed by atoms with Gasteiger partial charge in [-0.2, -0.15) is 13.2 Å². The highest BCUT2D eigenvalue weighted by Gasteiger charge is 2.48. The van der Waals surface area contributed by atoms with Crippen molar-refractivity contribution in [3.8, 4) is 0 Å². The number of benzene rings is 1. The van der Waals surface area contributed by atoms with Gasteiger partial charge in [0, 0.05) is 14.1 Å². The van der Waals surface area contributed by atoms with Gasteiger partial charge in [0.05, 0.1) is 45.6 Å². The third-order valence-electron chi connectivity index (χ3n) is 4.46. The van der Waals surface area contributed by atoms with Crippen molar-refractivity contribution < 1.29 is 26.4 Å². The van der Waals surface area contributed by atoms with E-state index in [0.717, 1.165) is 30.0 Å². The molecular weight excluding hydrogens is 439 g/mol. The zero-order valence-corrected chi connectivity index (χ0v) is 17.3. The second kappa shape index (κ2) is 7.42. The summed E-state index contributed by atoms with van der Waals surface area (Å²) in [7, 11) is -0.194. The van der Waals surface area contributed by atoms with Crippen LogP contribution in [0.2, 0.25) is 5.02 Å². The molecule has 6 nitrogen and oxygen atoms in total. The van der Waals surface area contributed by atoms with Crippen LogP contribution in [-0.4, -0.2) is 67.8 Å². The smallest absolute Gasteiger partial charge is 0.348 e. The minimum Gasteiger partial charge on any atom is -0.348 e. The normalized spacial score (nSPS) is 23.5. The molecule has 12 heteroatoms. The fourth-order valence-corrected chi connectivity index (χ4v) is 6.19. The van der Waals surface area contributed by atoms with E-state index in [-0.39, 0.29) is 33.9 Å². The van der Waals surface area contributed by atoms with Crippen molar-refractivity contribution in [3.63, 3.8) is 0 Å². The Bertz CT molecular complexity index is 935. The number of thioether (sulfide) groups is 1. The Labute approximate surface area is 169 Å². The SMILES string of the molecule is CN(C)C(=O)CSC1=N[C@@H]2CS(=O)(=O)C[C@@H]2N1c1cc(C(F)(F)F)ccc1Cl. The van der Waals surface area contributed by atoms with E-state index in [9.17, 15) is 26.4 Å². The molecule has 1 fully saturated rings. The fraction of sp³-hybridized carbons (Fsp3) is 0.500. The number of nitrogens with zero attached hydrogens (tertiary/aromatic N) is 3. The molecule has 0 N–H and O–H groups in total. The van der Waals surface area contributed by atoms with Gasteiger partial charge in [-0.25, -0.2) is 8.42 Å². The van der Waals surface area contributed by atoms with Gasteiger partial charge in [0.1, 0.15) is 0 Å². The lowest BCUT2D eigenvalue weighted by atomic mass is 10.1. The third kappa shape index (κ3) is 4.25. The minimum atomic E-state index is -4.58. The summed E-state index contributed by atoms with van der Waals surface area (Å²) in [6, 6.07) is 1.63. The quantitative estimate of drug-likeness (QED) is 0.700. The lowest BCUT2D eigenvalue weighted by Crippen LogP contribution is -2.40. The average molecular weight is 456 g/mol. The van der Waals surface area contributed by atoms with Gasteiger partial charge in [0.15, 0.2) is 15.0 Å². The van der Waals surface area contributed by atoms with Crippen molar-refractivity contribution in [1.82, 2.24) is 4.90 Å². The van der Waals surface area contributed by atoms with Crippen molar-refractivity contribution in [2.75, 3.05) is 36.3 Å². The number of aliphatic imine (C=N–C) groups is 1. The molecule has 0 saturated carbocycles. The van der Waals surface area contributed by atoms with E-state index in [1.165, 1.54) is 9.80 Å². The first kappa shape index (κ1) is 21.3. The van der Waals surface area contributed by atoms with Gasteiger partial charge in [-0.05, 0) is 18.2 Å². The standard InChI is InChI=1S/C16H17ClF3N3O3S2/c1-22(2)14(24)6-27-15-21-11-7-28(25,26)8-13(11)23(15)12-5-9(16(18,19)20)3-4-10(12)17/h3-5,11,13H,6-8H2,1-2H3/t11-,13+/m1/s1. The van der Waals surface area contributed by atoms with E-state index in [0.29, 0.717) is 5.17 Å². The lowest BCUT2D eigenvalue weighted by molar-refractivity contribution is -0.137. The second-order valence-electron chi connectivity index (χ2n) is 6.73. The Kier molecular flexibility index (Phi) is 5.63. The molecule has 1 aromatic carbocycles. The highest BCUT2D eigenvalue weighted by atomic mass is 35.5. The predicted octanol–water partition coefficient (Wildman–Crippen LogP) is 2.52. The summed E-state index contributed by atoms with van der Waals surface area (Å²) in [6.45, 7) is 0. The van der Waals surface area contributed by atoms with E-state index in [1.54, 1.807) is 14.1 Å². The number of amidine groups is 1. The van der Waals surface area contributed by atoms with E-state index < -0.39 is 33.7 Å². The maximum atomic E-state index is 13.2. The topological polar surface area (TPSA) is 70.0 Å². The van der Waals surface area contributed by atoms with Crippen molar-refractivity contribution in [3.05, 3.63) is 28.8 Å². The van der Waals surface area contributed by atoms with Gasteiger partial charge in [-0.3, -0.25) is 9.79 Å². The van der Waals surface area contributed by atoms with Gasteiger partial charge in [0.25, 0.3) is 0 Å². The summed E-state index contributed by atoms with van der Waals surface area (Å²) in [5.74, 6) is -0.603. The molecule has 1 amide bonds. The maximum absolute atomic E-state index is 13.2. The van der Waals surface area contributed by atoms with Gasteiger partial charge < -0.3 is 9.80 Å². The molecule has 0 spiro atoms. The monoisotopic (exact) mass is 455 g/mol. The summed E-state index contributed by atoms with van der Waals surface area (Å²) >= 11 is 7.22. The Hall–Kier alpha value is -1.46. The molecule has 1 saturated heterocycles. The molecule has 28 heavy (non-hydrogen) atoms. The zero-order valence-electron chi connectivity index (χ0n) is 14.9. The first-order valence-corrected chi connectivity index (χ1v) is 11.3. The largest absolute Gasteiger partial charge is 0.416 e. The molecule has 2 aliphatic rings. The van der Waals surface area contributed by atoms with Gasteiger partial charge >= 0.3 is 6.18 Å². The van der Waals surface area contributed by atoms with Crippen LogP contribution in [0.15, 0.2) is 23.2 Å². The number of fused-ring (bicyclic) bond motifs is 1. The molecule has 2 heterocycles. The van der Waals surface area contributed by atoms with Crippen LogP contribution in [0.3, 0.4) is 0 Å². The average Bonchev–Trinajstić information content (AvgIpc) is 3.03. The first-order valence-electron chi connectivity index (χ1n) is 8.16. The Morgan fingerprint density at radius 3 is 2.64 bits per heavy atom. The molecule has 2 aliphatic heterocycles. The van der Waals surface area contributed by atoms with Crippen LogP contribution >= 0.6 is 23.4 Å². The fourth-order valence-electron chi connectivity index (χ4n) is 3.04. The van der Waals surface area contributed by atoms with Gasteiger partial charge in [0.2, 0.25) is 5.91 Å². The highest BCUT2D eigenvalue weighted by Crippen LogP contribution is 2.41. The van der Waals surface area contributed by atoms with Crippen molar-refractivity contribution >= 4 is 50.0 Å². The Balaban J connectivity index is 2.00. The first-order chi connectivity index (χ1) is 12.9. The predicted molar refractivity (Wildman–Crippen MR) is 104 cm³/mol.